The first kappa shape index (κ1) is 9.51. The number of nitrogens with zero attached hydrogens (tertiary/aromatic N) is 2. The average molecular weight is 203 g/mol. The molecule has 0 saturated heterocycles. The van der Waals surface area contributed by atoms with Crippen molar-refractivity contribution in [1.29, 1.82) is 0 Å². The Kier molecular flexibility index (Phi) is 2.29. The summed E-state index contributed by atoms with van der Waals surface area (Å²) >= 11 is 0. The lowest BCUT2D eigenvalue weighted by Crippen LogP contribution is -2.21. The molecule has 0 aliphatic carbocycles. The molecule has 5 N–H and O–H groups in total. The predicted molar refractivity (Wildman–Crippen MR) is 60.9 cm³/mol. The molecule has 0 unspecified atom stereocenters. The Labute approximate surface area is 87.2 Å². The first-order valence-electron chi connectivity index (χ1n) is 4.77. The molecule has 2 rings (SSSR count). The Hall–Kier alpha value is -2.04. The molecule has 1 heterocycles. The molecule has 0 radical (unpaired) electrons. The van der Waals surface area contributed by atoms with Crippen molar-refractivity contribution in [2.75, 3.05) is 0 Å². The molecule has 0 fully saturated rings. The summed E-state index contributed by atoms with van der Waals surface area (Å²) in [6.07, 6.45) is 0.881. The molecular weight excluding hydrogens is 190 g/mol. The molecule has 1 aromatic heterocycles. The van der Waals surface area contributed by atoms with Gasteiger partial charge in [-0.15, -0.1) is 0 Å². The standard InChI is InChI=1S/C10H13N5/c1-2-9-14-7-4-3-6(13-10(11)12)5-8(7)15-9/h3-5H,2H2,1H3,(H,14,15)(H4,11,12,13). The maximum Gasteiger partial charge on any atom is 0.191 e. The van der Waals surface area contributed by atoms with E-state index in [-0.39, 0.29) is 5.96 Å². The van der Waals surface area contributed by atoms with E-state index in [1.165, 1.54) is 0 Å². The minimum atomic E-state index is 0.0598. The Morgan fingerprint density at radius 1 is 1.47 bits per heavy atom. The zero-order valence-corrected chi connectivity index (χ0v) is 8.49. The maximum absolute atomic E-state index is 5.30. The number of nitrogens with two attached hydrogens (primary N) is 2. The zero-order valence-electron chi connectivity index (χ0n) is 8.49. The average Bonchev–Trinajstić information content (AvgIpc) is 2.58. The van der Waals surface area contributed by atoms with Crippen LogP contribution in [-0.4, -0.2) is 15.9 Å². The summed E-state index contributed by atoms with van der Waals surface area (Å²) in [6, 6.07) is 5.61. The van der Waals surface area contributed by atoms with Crippen molar-refractivity contribution in [3.05, 3.63) is 24.0 Å². The number of hydrogen-bond donors (Lipinski definition) is 3. The topological polar surface area (TPSA) is 93.1 Å². The van der Waals surface area contributed by atoms with Crippen molar-refractivity contribution in [3.63, 3.8) is 0 Å². The van der Waals surface area contributed by atoms with Gasteiger partial charge in [0.1, 0.15) is 5.82 Å². The normalized spacial score (nSPS) is 10.5. The van der Waals surface area contributed by atoms with Crippen molar-refractivity contribution in [2.45, 2.75) is 13.3 Å². The number of aromatic nitrogens is 2. The van der Waals surface area contributed by atoms with E-state index in [0.717, 1.165) is 29.0 Å². The molecule has 15 heavy (non-hydrogen) atoms. The highest BCUT2D eigenvalue weighted by molar-refractivity contribution is 5.83. The van der Waals surface area contributed by atoms with Crippen LogP contribution in [0.5, 0.6) is 0 Å². The summed E-state index contributed by atoms with van der Waals surface area (Å²) < 4.78 is 0. The molecule has 1 aromatic carbocycles. The second kappa shape index (κ2) is 3.61. The molecule has 0 atom stereocenters. The number of H-pyrrole nitrogens is 1. The van der Waals surface area contributed by atoms with Gasteiger partial charge in [0.25, 0.3) is 0 Å². The van der Waals surface area contributed by atoms with E-state index in [1.54, 1.807) is 0 Å². The third kappa shape index (κ3) is 1.90. The number of benzene rings is 1. The van der Waals surface area contributed by atoms with Gasteiger partial charge in [-0.3, -0.25) is 0 Å². The lowest BCUT2D eigenvalue weighted by Gasteiger charge is -1.94. The lowest BCUT2D eigenvalue weighted by molar-refractivity contribution is 1.00. The van der Waals surface area contributed by atoms with Crippen LogP contribution in [-0.2, 0) is 6.42 Å². The van der Waals surface area contributed by atoms with E-state index in [4.69, 9.17) is 11.5 Å². The van der Waals surface area contributed by atoms with Crippen molar-refractivity contribution in [1.82, 2.24) is 9.97 Å². The molecular formula is C10H13N5. The summed E-state index contributed by atoms with van der Waals surface area (Å²) in [4.78, 5) is 11.6. The van der Waals surface area contributed by atoms with E-state index < -0.39 is 0 Å². The highest BCUT2D eigenvalue weighted by Gasteiger charge is 2.01. The van der Waals surface area contributed by atoms with Gasteiger partial charge in [-0.05, 0) is 18.2 Å². The Morgan fingerprint density at radius 2 is 2.27 bits per heavy atom. The van der Waals surface area contributed by atoms with Crippen LogP contribution in [0.15, 0.2) is 23.2 Å². The van der Waals surface area contributed by atoms with Crippen molar-refractivity contribution in [3.8, 4) is 0 Å². The summed E-state index contributed by atoms with van der Waals surface area (Å²) in [5.74, 6) is 1.02. The Balaban J connectivity index is 2.50. The first-order valence-corrected chi connectivity index (χ1v) is 4.77. The molecule has 0 aliphatic rings. The van der Waals surface area contributed by atoms with Gasteiger partial charge in [-0.1, -0.05) is 6.92 Å². The number of hydrogen-bond acceptors (Lipinski definition) is 2. The van der Waals surface area contributed by atoms with E-state index in [2.05, 4.69) is 21.9 Å². The van der Waals surface area contributed by atoms with Crippen LogP contribution in [0.25, 0.3) is 11.0 Å². The van der Waals surface area contributed by atoms with E-state index in [1.807, 2.05) is 18.2 Å². The highest BCUT2D eigenvalue weighted by Crippen LogP contribution is 2.19. The van der Waals surface area contributed by atoms with Crippen LogP contribution in [0.3, 0.4) is 0 Å². The highest BCUT2D eigenvalue weighted by atomic mass is 15.0. The van der Waals surface area contributed by atoms with Gasteiger partial charge in [-0.2, -0.15) is 0 Å². The number of aromatic amines is 1. The maximum atomic E-state index is 5.30. The third-order valence-electron chi connectivity index (χ3n) is 2.11. The van der Waals surface area contributed by atoms with Crippen LogP contribution >= 0.6 is 0 Å². The number of imidazole rings is 1. The molecule has 5 nitrogen and oxygen atoms in total. The summed E-state index contributed by atoms with van der Waals surface area (Å²) in [5.41, 5.74) is 13.2. The van der Waals surface area contributed by atoms with Gasteiger partial charge in [0.15, 0.2) is 5.96 Å². The number of guanidine groups is 1. The van der Waals surface area contributed by atoms with Crippen LogP contribution in [0.4, 0.5) is 5.69 Å². The molecule has 0 bridgehead atoms. The first-order chi connectivity index (χ1) is 7.19. The van der Waals surface area contributed by atoms with Gasteiger partial charge >= 0.3 is 0 Å². The fraction of sp³-hybridized carbons (Fsp3) is 0.200. The van der Waals surface area contributed by atoms with E-state index in [0.29, 0.717) is 0 Å². The van der Waals surface area contributed by atoms with Crippen LogP contribution < -0.4 is 11.5 Å². The Morgan fingerprint density at radius 3 is 2.93 bits per heavy atom. The fourth-order valence-corrected chi connectivity index (χ4v) is 1.44. The van der Waals surface area contributed by atoms with Crippen molar-refractivity contribution in [2.24, 2.45) is 16.5 Å². The quantitative estimate of drug-likeness (QED) is 0.502. The van der Waals surface area contributed by atoms with Crippen molar-refractivity contribution < 1.29 is 0 Å². The van der Waals surface area contributed by atoms with Gasteiger partial charge in [-0.25, -0.2) is 9.98 Å². The molecule has 0 aliphatic heterocycles. The second-order valence-corrected chi connectivity index (χ2v) is 3.28. The lowest BCUT2D eigenvalue weighted by atomic mass is 10.3. The zero-order chi connectivity index (χ0) is 10.8. The molecule has 2 aromatic rings. The van der Waals surface area contributed by atoms with Gasteiger partial charge in [0.2, 0.25) is 0 Å². The molecule has 0 spiro atoms. The second-order valence-electron chi connectivity index (χ2n) is 3.28. The minimum Gasteiger partial charge on any atom is -0.370 e. The van der Waals surface area contributed by atoms with Gasteiger partial charge in [0.05, 0.1) is 16.7 Å². The van der Waals surface area contributed by atoms with E-state index in [9.17, 15) is 0 Å². The summed E-state index contributed by atoms with van der Waals surface area (Å²) in [6.45, 7) is 2.05. The molecule has 0 amide bonds. The number of aryl methyl sites for hydroxylation is 1. The van der Waals surface area contributed by atoms with Crippen molar-refractivity contribution >= 4 is 22.7 Å². The fourth-order valence-electron chi connectivity index (χ4n) is 1.44. The number of rotatable bonds is 2. The predicted octanol–water partition coefficient (Wildman–Crippen LogP) is 1.03. The monoisotopic (exact) mass is 203 g/mol. The summed E-state index contributed by atoms with van der Waals surface area (Å²) in [7, 11) is 0. The molecule has 0 saturated carbocycles. The van der Waals surface area contributed by atoms with Crippen LogP contribution in [0.1, 0.15) is 12.7 Å². The van der Waals surface area contributed by atoms with Crippen LogP contribution in [0, 0.1) is 0 Å². The largest absolute Gasteiger partial charge is 0.370 e. The smallest absolute Gasteiger partial charge is 0.191 e. The Bertz CT molecular complexity index is 508. The van der Waals surface area contributed by atoms with E-state index >= 15 is 0 Å². The molecule has 78 valence electrons. The number of aliphatic imine (C=N–C) groups is 1. The number of fused-ring (bicyclic) bond motifs is 1. The number of nitrogens with one attached hydrogen (secondary N) is 1. The summed E-state index contributed by atoms with van der Waals surface area (Å²) in [5, 5.41) is 0. The van der Waals surface area contributed by atoms with Gasteiger partial charge < -0.3 is 16.5 Å². The van der Waals surface area contributed by atoms with Gasteiger partial charge in [0, 0.05) is 6.42 Å². The van der Waals surface area contributed by atoms with Crippen LogP contribution in [0.2, 0.25) is 0 Å². The third-order valence-corrected chi connectivity index (χ3v) is 2.11. The SMILES string of the molecule is CCc1nc2ccc(N=C(N)N)cc2[nH]1. The molecule has 5 heteroatoms. The minimum absolute atomic E-state index is 0.0598.